The van der Waals surface area contributed by atoms with Crippen molar-refractivity contribution >= 4 is 0 Å². The van der Waals surface area contributed by atoms with E-state index in [2.05, 4.69) is 53.7 Å². The van der Waals surface area contributed by atoms with E-state index in [4.69, 9.17) is 0 Å². The van der Waals surface area contributed by atoms with Crippen molar-refractivity contribution in [2.24, 2.45) is 7.05 Å². The van der Waals surface area contributed by atoms with Gasteiger partial charge in [-0.1, -0.05) is 30.3 Å². The lowest BCUT2D eigenvalue weighted by Gasteiger charge is -2.14. The van der Waals surface area contributed by atoms with E-state index in [1.54, 1.807) is 0 Å². The van der Waals surface area contributed by atoms with Crippen LogP contribution >= 0.6 is 0 Å². The van der Waals surface area contributed by atoms with Gasteiger partial charge in [0.1, 0.15) is 0 Å². The fourth-order valence-corrected chi connectivity index (χ4v) is 1.99. The molecule has 90 valence electrons. The summed E-state index contributed by atoms with van der Waals surface area (Å²) in [6.07, 6.45) is 2.90. The van der Waals surface area contributed by atoms with Crippen molar-refractivity contribution < 1.29 is 0 Å². The maximum Gasteiger partial charge on any atom is 0.0547 e. The van der Waals surface area contributed by atoms with Crippen LogP contribution in [0.1, 0.15) is 24.2 Å². The van der Waals surface area contributed by atoms with E-state index >= 15 is 0 Å². The van der Waals surface area contributed by atoms with Gasteiger partial charge in [0.05, 0.1) is 5.69 Å². The number of aromatic nitrogens is 2. The minimum atomic E-state index is 0.339. The van der Waals surface area contributed by atoms with Gasteiger partial charge in [0.2, 0.25) is 0 Å². The number of hydrogen-bond donors (Lipinski definition) is 1. The second-order valence-electron chi connectivity index (χ2n) is 4.29. The average Bonchev–Trinajstić information content (AvgIpc) is 2.77. The van der Waals surface area contributed by atoms with Crippen LogP contribution in [-0.4, -0.2) is 16.3 Å². The Bertz CT molecular complexity index is 448. The van der Waals surface area contributed by atoms with Gasteiger partial charge in [0, 0.05) is 19.3 Å². The summed E-state index contributed by atoms with van der Waals surface area (Å²) < 4.78 is 1.92. The normalized spacial score (nSPS) is 12.6. The summed E-state index contributed by atoms with van der Waals surface area (Å²) in [5.41, 5.74) is 2.59. The first-order chi connectivity index (χ1) is 8.27. The first-order valence-electron chi connectivity index (χ1n) is 6.02. The molecule has 0 radical (unpaired) electrons. The highest BCUT2D eigenvalue weighted by Crippen LogP contribution is 2.10. The number of benzene rings is 1. The number of hydrogen-bond acceptors (Lipinski definition) is 2. The van der Waals surface area contributed by atoms with Gasteiger partial charge >= 0.3 is 0 Å². The Morgan fingerprint density at radius 3 is 2.65 bits per heavy atom. The van der Waals surface area contributed by atoms with Gasteiger partial charge in [0.15, 0.2) is 0 Å². The van der Waals surface area contributed by atoms with Crippen molar-refractivity contribution in [3.63, 3.8) is 0 Å². The molecule has 17 heavy (non-hydrogen) atoms. The van der Waals surface area contributed by atoms with Crippen LogP contribution in [-0.2, 0) is 13.5 Å². The lowest BCUT2D eigenvalue weighted by atomic mass is 10.1. The second kappa shape index (κ2) is 5.64. The molecule has 3 heteroatoms. The summed E-state index contributed by atoms with van der Waals surface area (Å²) in [7, 11) is 1.98. The van der Waals surface area contributed by atoms with Crippen molar-refractivity contribution in [3.8, 4) is 0 Å². The van der Waals surface area contributed by atoms with Crippen molar-refractivity contribution in [3.05, 3.63) is 53.9 Å². The van der Waals surface area contributed by atoms with Crippen LogP contribution in [0.4, 0.5) is 0 Å². The maximum absolute atomic E-state index is 4.18. The van der Waals surface area contributed by atoms with Crippen molar-refractivity contribution in [2.45, 2.75) is 19.4 Å². The smallest absolute Gasteiger partial charge is 0.0547 e. The van der Waals surface area contributed by atoms with Crippen LogP contribution < -0.4 is 5.32 Å². The molecule has 3 nitrogen and oxygen atoms in total. The van der Waals surface area contributed by atoms with Crippen LogP contribution in [0.5, 0.6) is 0 Å². The molecule has 0 aliphatic carbocycles. The molecule has 1 atom stereocenters. The van der Waals surface area contributed by atoms with Crippen LogP contribution in [0.15, 0.2) is 42.6 Å². The molecule has 0 aliphatic heterocycles. The van der Waals surface area contributed by atoms with Gasteiger partial charge in [-0.15, -0.1) is 0 Å². The van der Waals surface area contributed by atoms with E-state index in [0.717, 1.165) is 13.0 Å². The SMILES string of the molecule is CC(NCCc1ccccc1)c1ccnn1C. The van der Waals surface area contributed by atoms with Crippen molar-refractivity contribution in [2.75, 3.05) is 6.54 Å². The highest BCUT2D eigenvalue weighted by molar-refractivity contribution is 5.15. The Kier molecular flexibility index (Phi) is 3.94. The summed E-state index contributed by atoms with van der Waals surface area (Å²) in [6, 6.07) is 12.9. The zero-order chi connectivity index (χ0) is 12.1. The van der Waals surface area contributed by atoms with E-state index in [0.29, 0.717) is 6.04 Å². The third-order valence-corrected chi connectivity index (χ3v) is 3.01. The monoisotopic (exact) mass is 229 g/mol. The van der Waals surface area contributed by atoms with Crippen LogP contribution in [0.2, 0.25) is 0 Å². The zero-order valence-electron chi connectivity index (χ0n) is 10.4. The molecule has 1 unspecified atom stereocenters. The van der Waals surface area contributed by atoms with E-state index in [1.807, 2.05) is 17.9 Å². The van der Waals surface area contributed by atoms with E-state index in [9.17, 15) is 0 Å². The molecule has 0 amide bonds. The Morgan fingerprint density at radius 2 is 2.00 bits per heavy atom. The summed E-state index contributed by atoms with van der Waals surface area (Å²) in [4.78, 5) is 0. The predicted octanol–water partition coefficient (Wildman–Crippen LogP) is 2.31. The highest BCUT2D eigenvalue weighted by atomic mass is 15.3. The molecule has 0 aliphatic rings. The Morgan fingerprint density at radius 1 is 1.24 bits per heavy atom. The molecule has 0 saturated carbocycles. The third-order valence-electron chi connectivity index (χ3n) is 3.01. The molecule has 1 heterocycles. The van der Waals surface area contributed by atoms with Gasteiger partial charge in [-0.2, -0.15) is 5.10 Å². The van der Waals surface area contributed by atoms with Gasteiger partial charge in [-0.05, 0) is 31.5 Å². The third kappa shape index (κ3) is 3.17. The summed E-state index contributed by atoms with van der Waals surface area (Å²) >= 11 is 0. The number of nitrogens with zero attached hydrogens (tertiary/aromatic N) is 2. The van der Waals surface area contributed by atoms with E-state index in [-0.39, 0.29) is 0 Å². The Labute approximate surface area is 102 Å². The fourth-order valence-electron chi connectivity index (χ4n) is 1.99. The summed E-state index contributed by atoms with van der Waals surface area (Å²) in [5, 5.41) is 7.69. The topological polar surface area (TPSA) is 29.9 Å². The van der Waals surface area contributed by atoms with Crippen LogP contribution in [0.3, 0.4) is 0 Å². The molecule has 0 fully saturated rings. The molecule has 0 spiro atoms. The summed E-state index contributed by atoms with van der Waals surface area (Å²) in [6.45, 7) is 3.15. The highest BCUT2D eigenvalue weighted by Gasteiger charge is 2.07. The molecule has 2 aromatic rings. The molecule has 0 saturated heterocycles. The molecule has 1 aromatic heterocycles. The predicted molar refractivity (Wildman–Crippen MR) is 69.8 cm³/mol. The standard InChI is InChI=1S/C14H19N3/c1-12(14-9-11-16-17(14)2)15-10-8-13-6-4-3-5-7-13/h3-7,9,11-12,15H,8,10H2,1-2H3. The lowest BCUT2D eigenvalue weighted by molar-refractivity contribution is 0.533. The average molecular weight is 229 g/mol. The zero-order valence-corrected chi connectivity index (χ0v) is 10.4. The fraction of sp³-hybridized carbons (Fsp3) is 0.357. The second-order valence-corrected chi connectivity index (χ2v) is 4.29. The van der Waals surface area contributed by atoms with Crippen molar-refractivity contribution in [1.29, 1.82) is 0 Å². The molecule has 0 bridgehead atoms. The molecule has 1 aromatic carbocycles. The van der Waals surface area contributed by atoms with E-state index < -0.39 is 0 Å². The van der Waals surface area contributed by atoms with Crippen LogP contribution in [0, 0.1) is 0 Å². The van der Waals surface area contributed by atoms with Gasteiger partial charge < -0.3 is 5.32 Å². The lowest BCUT2D eigenvalue weighted by Crippen LogP contribution is -2.23. The Balaban J connectivity index is 1.81. The number of nitrogens with one attached hydrogen (secondary N) is 1. The molecule has 2 rings (SSSR count). The first-order valence-corrected chi connectivity index (χ1v) is 6.02. The van der Waals surface area contributed by atoms with Crippen molar-refractivity contribution in [1.82, 2.24) is 15.1 Å². The molecule has 1 N–H and O–H groups in total. The molecular formula is C14H19N3. The number of aryl methyl sites for hydroxylation is 1. The largest absolute Gasteiger partial charge is 0.309 e. The van der Waals surface area contributed by atoms with E-state index in [1.165, 1.54) is 11.3 Å². The molecular weight excluding hydrogens is 210 g/mol. The van der Waals surface area contributed by atoms with Gasteiger partial charge in [-0.25, -0.2) is 0 Å². The maximum atomic E-state index is 4.18. The van der Waals surface area contributed by atoms with Crippen LogP contribution in [0.25, 0.3) is 0 Å². The Hall–Kier alpha value is -1.61. The summed E-state index contributed by atoms with van der Waals surface area (Å²) in [5.74, 6) is 0. The quantitative estimate of drug-likeness (QED) is 0.852. The first kappa shape index (κ1) is 11.9. The minimum absolute atomic E-state index is 0.339. The number of rotatable bonds is 5. The van der Waals surface area contributed by atoms with Gasteiger partial charge in [0.25, 0.3) is 0 Å². The minimum Gasteiger partial charge on any atom is -0.309 e. The van der Waals surface area contributed by atoms with Gasteiger partial charge in [-0.3, -0.25) is 4.68 Å².